The van der Waals surface area contributed by atoms with Crippen molar-refractivity contribution in [1.82, 2.24) is 10.2 Å². The van der Waals surface area contributed by atoms with Crippen molar-refractivity contribution < 1.29 is 13.6 Å². The lowest BCUT2D eigenvalue weighted by Gasteiger charge is -2.37. The number of benzene rings is 1. The molecule has 2 atom stereocenters. The molecular weight excluding hydrogens is 274 g/mol. The van der Waals surface area contributed by atoms with Crippen LogP contribution in [0.3, 0.4) is 0 Å². The van der Waals surface area contributed by atoms with Crippen molar-refractivity contribution in [1.29, 1.82) is 0 Å². The number of halogens is 2. The van der Waals surface area contributed by atoms with Gasteiger partial charge in [0.15, 0.2) is 0 Å². The second-order valence-electron chi connectivity index (χ2n) is 5.98. The molecule has 0 aliphatic carbocycles. The highest BCUT2D eigenvalue weighted by molar-refractivity contribution is 5.94. The van der Waals surface area contributed by atoms with Crippen LogP contribution in [0.15, 0.2) is 18.2 Å². The van der Waals surface area contributed by atoms with Crippen LogP contribution in [0.4, 0.5) is 8.78 Å². The number of carbonyl (C=O) groups excluding carboxylic acids is 1. The maximum atomic E-state index is 13.8. The minimum Gasteiger partial charge on any atom is -0.336 e. The van der Waals surface area contributed by atoms with Crippen molar-refractivity contribution in [2.45, 2.75) is 50.7 Å². The summed E-state index contributed by atoms with van der Waals surface area (Å²) in [6.07, 6.45) is 4.13. The third kappa shape index (κ3) is 2.79. The van der Waals surface area contributed by atoms with E-state index in [9.17, 15) is 13.6 Å². The minimum absolute atomic E-state index is 0.0378. The van der Waals surface area contributed by atoms with Gasteiger partial charge in [0.05, 0.1) is 5.56 Å². The Bertz CT molecular complexity index is 537. The van der Waals surface area contributed by atoms with Crippen molar-refractivity contribution in [2.24, 2.45) is 0 Å². The number of nitrogens with zero attached hydrogens (tertiary/aromatic N) is 1. The second-order valence-corrected chi connectivity index (χ2v) is 5.98. The predicted octanol–water partition coefficient (Wildman–Crippen LogP) is 2.71. The summed E-state index contributed by atoms with van der Waals surface area (Å²) in [5.74, 6) is -1.77. The van der Waals surface area contributed by atoms with Crippen molar-refractivity contribution >= 4 is 5.91 Å². The molecule has 2 aliphatic heterocycles. The molecule has 2 heterocycles. The van der Waals surface area contributed by atoms with Crippen LogP contribution in [0.25, 0.3) is 0 Å². The highest BCUT2D eigenvalue weighted by Crippen LogP contribution is 2.30. The molecule has 5 heteroatoms. The number of nitrogens with one attached hydrogen (secondary N) is 1. The fourth-order valence-corrected chi connectivity index (χ4v) is 3.67. The molecule has 1 aromatic rings. The lowest BCUT2D eigenvalue weighted by molar-refractivity contribution is 0.0626. The van der Waals surface area contributed by atoms with Crippen LogP contribution in [-0.2, 0) is 0 Å². The highest BCUT2D eigenvalue weighted by atomic mass is 19.1. The van der Waals surface area contributed by atoms with Gasteiger partial charge in [-0.15, -0.1) is 0 Å². The number of piperidine rings is 1. The van der Waals surface area contributed by atoms with Gasteiger partial charge in [0, 0.05) is 30.7 Å². The van der Waals surface area contributed by atoms with Gasteiger partial charge in [0.1, 0.15) is 11.6 Å². The van der Waals surface area contributed by atoms with Crippen LogP contribution in [0.2, 0.25) is 0 Å². The lowest BCUT2D eigenvalue weighted by atomic mass is 9.97. The van der Waals surface area contributed by atoms with E-state index in [-0.39, 0.29) is 17.5 Å². The van der Waals surface area contributed by atoms with Crippen LogP contribution in [0, 0.1) is 11.6 Å². The van der Waals surface area contributed by atoms with Crippen molar-refractivity contribution in [3.8, 4) is 0 Å². The number of hydrogen-bond donors (Lipinski definition) is 1. The molecule has 0 radical (unpaired) electrons. The van der Waals surface area contributed by atoms with E-state index in [2.05, 4.69) is 5.32 Å². The molecule has 2 aliphatic rings. The van der Waals surface area contributed by atoms with E-state index in [0.29, 0.717) is 18.6 Å². The number of carbonyl (C=O) groups is 1. The molecule has 3 nitrogen and oxygen atoms in total. The molecule has 0 spiro atoms. The van der Waals surface area contributed by atoms with Gasteiger partial charge in [-0.05, 0) is 44.7 Å². The number of hydrogen-bond acceptors (Lipinski definition) is 2. The second kappa shape index (κ2) is 5.72. The molecular formula is C16H20F2N2O. The third-order valence-corrected chi connectivity index (χ3v) is 4.65. The molecule has 0 saturated carbocycles. The van der Waals surface area contributed by atoms with Crippen molar-refractivity contribution in [2.75, 3.05) is 6.54 Å². The monoisotopic (exact) mass is 294 g/mol. The number of amides is 1. The molecule has 2 unspecified atom stereocenters. The Morgan fingerprint density at radius 2 is 1.95 bits per heavy atom. The molecule has 3 rings (SSSR count). The van der Waals surface area contributed by atoms with Gasteiger partial charge in [-0.1, -0.05) is 0 Å². The first-order valence-corrected chi connectivity index (χ1v) is 7.60. The highest BCUT2D eigenvalue weighted by Gasteiger charge is 2.37. The maximum Gasteiger partial charge on any atom is 0.257 e. The fraction of sp³-hybridized carbons (Fsp3) is 0.562. The average molecular weight is 294 g/mol. The summed E-state index contributed by atoms with van der Waals surface area (Å²) < 4.78 is 26.8. The summed E-state index contributed by atoms with van der Waals surface area (Å²) in [6, 6.07) is 4.22. The molecule has 1 amide bonds. The zero-order valence-electron chi connectivity index (χ0n) is 12.1. The first kappa shape index (κ1) is 14.4. The summed E-state index contributed by atoms with van der Waals surface area (Å²) in [6.45, 7) is 2.45. The zero-order chi connectivity index (χ0) is 15.0. The Morgan fingerprint density at radius 3 is 2.52 bits per heavy atom. The smallest absolute Gasteiger partial charge is 0.257 e. The van der Waals surface area contributed by atoms with Gasteiger partial charge >= 0.3 is 0 Å². The van der Waals surface area contributed by atoms with Crippen molar-refractivity contribution in [3.63, 3.8) is 0 Å². The number of fused-ring (bicyclic) bond motifs is 2. The summed E-state index contributed by atoms with van der Waals surface area (Å²) in [4.78, 5) is 14.3. The van der Waals surface area contributed by atoms with Gasteiger partial charge in [0.25, 0.3) is 5.91 Å². The Balaban J connectivity index is 1.80. The van der Waals surface area contributed by atoms with Crippen LogP contribution >= 0.6 is 0 Å². The fourth-order valence-electron chi connectivity index (χ4n) is 3.67. The number of rotatable bonds is 3. The van der Waals surface area contributed by atoms with Gasteiger partial charge in [-0.25, -0.2) is 8.78 Å². The maximum absolute atomic E-state index is 13.8. The summed E-state index contributed by atoms with van der Waals surface area (Å²) in [5, 5.41) is 3.54. The van der Waals surface area contributed by atoms with Gasteiger partial charge < -0.3 is 10.2 Å². The van der Waals surface area contributed by atoms with E-state index in [1.165, 1.54) is 6.07 Å². The zero-order valence-corrected chi connectivity index (χ0v) is 12.1. The Hall–Kier alpha value is -1.49. The molecule has 1 aromatic carbocycles. The molecule has 114 valence electrons. The van der Waals surface area contributed by atoms with Crippen LogP contribution in [0.1, 0.15) is 43.0 Å². The van der Waals surface area contributed by atoms with E-state index in [0.717, 1.165) is 37.8 Å². The largest absolute Gasteiger partial charge is 0.336 e. The standard InChI is InChI=1S/C16H20F2N2O/c1-2-20(13-8-11-4-5-12(9-13)19-11)16(21)14-6-3-10(17)7-15(14)18/h3,6-7,11-13,19H,2,4-5,8-9H2,1H3. The minimum atomic E-state index is -0.782. The topological polar surface area (TPSA) is 32.3 Å². The van der Waals surface area contributed by atoms with Crippen LogP contribution in [0.5, 0.6) is 0 Å². The van der Waals surface area contributed by atoms with Crippen molar-refractivity contribution in [3.05, 3.63) is 35.4 Å². The predicted molar refractivity (Wildman–Crippen MR) is 76.0 cm³/mol. The molecule has 2 fully saturated rings. The first-order valence-electron chi connectivity index (χ1n) is 7.60. The summed E-state index contributed by atoms with van der Waals surface area (Å²) >= 11 is 0. The molecule has 0 aromatic heterocycles. The van der Waals surface area contributed by atoms with Crippen LogP contribution < -0.4 is 5.32 Å². The van der Waals surface area contributed by atoms with Gasteiger partial charge in [0.2, 0.25) is 0 Å². The average Bonchev–Trinajstić information content (AvgIpc) is 2.78. The third-order valence-electron chi connectivity index (χ3n) is 4.65. The molecule has 21 heavy (non-hydrogen) atoms. The quantitative estimate of drug-likeness (QED) is 0.929. The van der Waals surface area contributed by atoms with E-state index in [1.54, 1.807) is 4.90 Å². The summed E-state index contributed by atoms with van der Waals surface area (Å²) in [7, 11) is 0. The van der Waals surface area contributed by atoms with E-state index < -0.39 is 11.6 Å². The molecule has 1 N–H and O–H groups in total. The Labute approximate surface area is 123 Å². The SMILES string of the molecule is CCN(C(=O)c1ccc(F)cc1F)C1CC2CCC(C1)N2. The molecule has 2 saturated heterocycles. The normalized spacial score (nSPS) is 27.7. The van der Waals surface area contributed by atoms with E-state index in [1.807, 2.05) is 6.92 Å². The lowest BCUT2D eigenvalue weighted by Crippen LogP contribution is -2.50. The van der Waals surface area contributed by atoms with Crippen LogP contribution in [-0.4, -0.2) is 35.5 Å². The Morgan fingerprint density at radius 1 is 1.29 bits per heavy atom. The van der Waals surface area contributed by atoms with Gasteiger partial charge in [-0.2, -0.15) is 0 Å². The first-order chi connectivity index (χ1) is 10.1. The van der Waals surface area contributed by atoms with Gasteiger partial charge in [-0.3, -0.25) is 4.79 Å². The molecule has 2 bridgehead atoms. The van der Waals surface area contributed by atoms with E-state index in [4.69, 9.17) is 0 Å². The van der Waals surface area contributed by atoms with E-state index >= 15 is 0 Å². The Kier molecular flexibility index (Phi) is 3.93. The summed E-state index contributed by atoms with van der Waals surface area (Å²) in [5.41, 5.74) is -0.0378.